The SMILES string of the molecule is CCCOc1cncc(N2CC(C)NCC2C)n1. The van der Waals surface area contributed by atoms with Crippen molar-refractivity contribution in [3.63, 3.8) is 0 Å². The fourth-order valence-corrected chi connectivity index (χ4v) is 2.09. The molecule has 2 heterocycles. The Kier molecular flexibility index (Phi) is 4.36. The summed E-state index contributed by atoms with van der Waals surface area (Å²) in [7, 11) is 0. The fourth-order valence-electron chi connectivity index (χ4n) is 2.09. The molecule has 1 aromatic heterocycles. The summed E-state index contributed by atoms with van der Waals surface area (Å²) in [5.41, 5.74) is 0. The van der Waals surface area contributed by atoms with Crippen LogP contribution in [-0.4, -0.2) is 41.7 Å². The third kappa shape index (κ3) is 3.10. The molecule has 5 nitrogen and oxygen atoms in total. The lowest BCUT2D eigenvalue weighted by atomic mass is 10.1. The standard InChI is InChI=1S/C13H22N4O/c1-4-5-18-13-8-14-7-12(16-13)17-9-10(2)15-6-11(17)3/h7-8,10-11,15H,4-6,9H2,1-3H3. The highest BCUT2D eigenvalue weighted by Gasteiger charge is 2.23. The largest absolute Gasteiger partial charge is 0.477 e. The van der Waals surface area contributed by atoms with E-state index in [1.54, 1.807) is 6.20 Å². The average Bonchev–Trinajstić information content (AvgIpc) is 2.39. The quantitative estimate of drug-likeness (QED) is 0.876. The van der Waals surface area contributed by atoms with E-state index in [0.717, 1.165) is 25.3 Å². The maximum absolute atomic E-state index is 5.53. The Morgan fingerprint density at radius 2 is 2.28 bits per heavy atom. The molecule has 2 unspecified atom stereocenters. The number of anilines is 1. The number of nitrogens with one attached hydrogen (secondary N) is 1. The summed E-state index contributed by atoms with van der Waals surface area (Å²) < 4.78 is 5.53. The van der Waals surface area contributed by atoms with Crippen molar-refractivity contribution in [2.24, 2.45) is 0 Å². The van der Waals surface area contributed by atoms with Crippen LogP contribution in [0.2, 0.25) is 0 Å². The Hall–Kier alpha value is -1.36. The van der Waals surface area contributed by atoms with Gasteiger partial charge in [0.25, 0.3) is 0 Å². The molecule has 0 spiro atoms. The Morgan fingerprint density at radius 3 is 3.06 bits per heavy atom. The number of piperazine rings is 1. The van der Waals surface area contributed by atoms with Gasteiger partial charge in [-0.2, -0.15) is 4.98 Å². The van der Waals surface area contributed by atoms with Gasteiger partial charge in [0.15, 0.2) is 5.82 Å². The molecule has 1 aliphatic heterocycles. The first kappa shape index (κ1) is 13.1. The highest BCUT2D eigenvalue weighted by atomic mass is 16.5. The fraction of sp³-hybridized carbons (Fsp3) is 0.692. The minimum absolute atomic E-state index is 0.428. The van der Waals surface area contributed by atoms with Crippen LogP contribution in [0.25, 0.3) is 0 Å². The molecule has 0 radical (unpaired) electrons. The molecule has 18 heavy (non-hydrogen) atoms. The molecule has 1 saturated heterocycles. The molecule has 1 N–H and O–H groups in total. The van der Waals surface area contributed by atoms with Crippen LogP contribution >= 0.6 is 0 Å². The summed E-state index contributed by atoms with van der Waals surface area (Å²) in [6.07, 6.45) is 4.47. The van der Waals surface area contributed by atoms with E-state index < -0.39 is 0 Å². The molecule has 0 bridgehead atoms. The van der Waals surface area contributed by atoms with Gasteiger partial charge in [0.05, 0.1) is 19.0 Å². The van der Waals surface area contributed by atoms with Gasteiger partial charge in [-0.15, -0.1) is 0 Å². The van der Waals surface area contributed by atoms with Crippen LogP contribution in [0.15, 0.2) is 12.4 Å². The van der Waals surface area contributed by atoms with Crippen LogP contribution in [-0.2, 0) is 0 Å². The first-order valence-electron chi connectivity index (χ1n) is 6.65. The Morgan fingerprint density at radius 1 is 1.44 bits per heavy atom. The summed E-state index contributed by atoms with van der Waals surface area (Å²) in [4.78, 5) is 11.0. The second-order valence-electron chi connectivity index (χ2n) is 4.87. The van der Waals surface area contributed by atoms with Crippen LogP contribution in [0, 0.1) is 0 Å². The Balaban J connectivity index is 2.11. The van der Waals surface area contributed by atoms with Gasteiger partial charge in [0.2, 0.25) is 5.88 Å². The van der Waals surface area contributed by atoms with E-state index in [4.69, 9.17) is 4.74 Å². The smallest absolute Gasteiger partial charge is 0.234 e. The van der Waals surface area contributed by atoms with Crippen molar-refractivity contribution in [1.82, 2.24) is 15.3 Å². The summed E-state index contributed by atoms with van der Waals surface area (Å²) >= 11 is 0. The Bertz CT molecular complexity index is 385. The summed E-state index contributed by atoms with van der Waals surface area (Å²) in [6, 6.07) is 0.903. The summed E-state index contributed by atoms with van der Waals surface area (Å²) in [5, 5.41) is 3.46. The van der Waals surface area contributed by atoms with Crippen LogP contribution in [0.5, 0.6) is 5.88 Å². The predicted octanol–water partition coefficient (Wildman–Crippen LogP) is 1.45. The molecule has 1 aromatic rings. The van der Waals surface area contributed by atoms with Gasteiger partial charge >= 0.3 is 0 Å². The van der Waals surface area contributed by atoms with Crippen LogP contribution in [0.1, 0.15) is 27.2 Å². The van der Waals surface area contributed by atoms with E-state index in [0.29, 0.717) is 24.6 Å². The van der Waals surface area contributed by atoms with Crippen molar-refractivity contribution in [1.29, 1.82) is 0 Å². The maximum Gasteiger partial charge on any atom is 0.234 e. The number of rotatable bonds is 4. The zero-order valence-electron chi connectivity index (χ0n) is 11.4. The Labute approximate surface area is 109 Å². The van der Waals surface area contributed by atoms with Gasteiger partial charge in [-0.25, -0.2) is 0 Å². The second-order valence-corrected chi connectivity index (χ2v) is 4.87. The lowest BCUT2D eigenvalue weighted by Gasteiger charge is -2.38. The van der Waals surface area contributed by atoms with E-state index in [-0.39, 0.29) is 0 Å². The molecule has 1 fully saturated rings. The van der Waals surface area contributed by atoms with Crippen LogP contribution in [0.3, 0.4) is 0 Å². The first-order valence-corrected chi connectivity index (χ1v) is 6.65. The average molecular weight is 250 g/mol. The highest BCUT2D eigenvalue weighted by Crippen LogP contribution is 2.19. The van der Waals surface area contributed by atoms with E-state index in [1.165, 1.54) is 0 Å². The molecule has 2 atom stereocenters. The number of hydrogen-bond acceptors (Lipinski definition) is 5. The molecule has 0 aliphatic carbocycles. The lowest BCUT2D eigenvalue weighted by Crippen LogP contribution is -2.54. The third-order valence-electron chi connectivity index (χ3n) is 3.11. The van der Waals surface area contributed by atoms with Crippen molar-refractivity contribution in [3.05, 3.63) is 12.4 Å². The number of hydrogen-bond donors (Lipinski definition) is 1. The molecule has 2 rings (SSSR count). The normalized spacial score (nSPS) is 24.1. The monoisotopic (exact) mass is 250 g/mol. The van der Waals surface area contributed by atoms with Gasteiger partial charge in [0, 0.05) is 25.2 Å². The molecular formula is C13H22N4O. The van der Waals surface area contributed by atoms with Crippen molar-refractivity contribution in [2.75, 3.05) is 24.6 Å². The van der Waals surface area contributed by atoms with Gasteiger partial charge < -0.3 is 15.0 Å². The van der Waals surface area contributed by atoms with Crippen molar-refractivity contribution in [2.45, 2.75) is 39.3 Å². The van der Waals surface area contributed by atoms with E-state index in [9.17, 15) is 0 Å². The predicted molar refractivity (Wildman–Crippen MR) is 72.1 cm³/mol. The molecular weight excluding hydrogens is 228 g/mol. The van der Waals surface area contributed by atoms with E-state index >= 15 is 0 Å². The zero-order valence-corrected chi connectivity index (χ0v) is 11.4. The van der Waals surface area contributed by atoms with Crippen molar-refractivity contribution < 1.29 is 4.74 Å². The topological polar surface area (TPSA) is 50.3 Å². The highest BCUT2D eigenvalue weighted by molar-refractivity contribution is 5.40. The first-order chi connectivity index (χ1) is 8.70. The summed E-state index contributed by atoms with van der Waals surface area (Å²) in [5.74, 6) is 1.53. The minimum Gasteiger partial charge on any atom is -0.477 e. The summed E-state index contributed by atoms with van der Waals surface area (Å²) in [6.45, 7) is 9.07. The molecule has 0 amide bonds. The molecule has 5 heteroatoms. The second kappa shape index (κ2) is 6.00. The number of nitrogens with zero attached hydrogens (tertiary/aromatic N) is 3. The molecule has 100 valence electrons. The molecule has 1 aliphatic rings. The molecule has 0 aromatic carbocycles. The van der Waals surface area contributed by atoms with Gasteiger partial charge in [0.1, 0.15) is 0 Å². The van der Waals surface area contributed by atoms with Gasteiger partial charge in [-0.3, -0.25) is 4.98 Å². The number of aromatic nitrogens is 2. The molecule has 0 saturated carbocycles. The third-order valence-corrected chi connectivity index (χ3v) is 3.11. The van der Waals surface area contributed by atoms with Gasteiger partial charge in [-0.1, -0.05) is 6.92 Å². The zero-order chi connectivity index (χ0) is 13.0. The lowest BCUT2D eigenvalue weighted by molar-refractivity contribution is 0.303. The van der Waals surface area contributed by atoms with E-state index in [1.807, 2.05) is 6.20 Å². The maximum atomic E-state index is 5.53. The van der Waals surface area contributed by atoms with Crippen molar-refractivity contribution in [3.8, 4) is 5.88 Å². The number of ether oxygens (including phenoxy) is 1. The van der Waals surface area contributed by atoms with Crippen LogP contribution in [0.4, 0.5) is 5.82 Å². The van der Waals surface area contributed by atoms with E-state index in [2.05, 4.69) is 41.0 Å². The van der Waals surface area contributed by atoms with Gasteiger partial charge in [-0.05, 0) is 20.3 Å². The van der Waals surface area contributed by atoms with Crippen LogP contribution < -0.4 is 15.0 Å². The minimum atomic E-state index is 0.428. The van der Waals surface area contributed by atoms with Crippen molar-refractivity contribution >= 4 is 5.82 Å².